The highest BCUT2D eigenvalue weighted by atomic mass is 16.3. The van der Waals surface area contributed by atoms with Crippen molar-refractivity contribution >= 4 is 0 Å². The van der Waals surface area contributed by atoms with Crippen LogP contribution in [-0.4, -0.2) is 17.3 Å². The summed E-state index contributed by atoms with van der Waals surface area (Å²) in [5.41, 5.74) is 5.59. The van der Waals surface area contributed by atoms with Crippen molar-refractivity contribution in [2.24, 2.45) is 5.73 Å². The minimum absolute atomic E-state index is 0.0841. The fourth-order valence-corrected chi connectivity index (χ4v) is 1.69. The molecule has 2 nitrogen and oxygen atoms in total. The summed E-state index contributed by atoms with van der Waals surface area (Å²) in [6.07, 6.45) is 13.6. The van der Waals surface area contributed by atoms with Crippen LogP contribution in [0.15, 0.2) is 12.2 Å². The first-order valence-corrected chi connectivity index (χ1v) is 6.77. The van der Waals surface area contributed by atoms with Gasteiger partial charge >= 0.3 is 0 Å². The van der Waals surface area contributed by atoms with Gasteiger partial charge in [-0.2, -0.15) is 0 Å². The Kier molecular flexibility index (Phi) is 10.9. The van der Waals surface area contributed by atoms with Gasteiger partial charge in [0, 0.05) is 6.04 Å². The molecule has 0 bridgehead atoms. The van der Waals surface area contributed by atoms with E-state index in [1.165, 1.54) is 32.1 Å². The molecular formula is C14H29NO. The Bertz CT molecular complexity index is 166. The number of unbranched alkanes of at least 4 members (excludes halogenated alkanes) is 5. The van der Waals surface area contributed by atoms with Crippen molar-refractivity contribution in [1.82, 2.24) is 0 Å². The van der Waals surface area contributed by atoms with Gasteiger partial charge in [-0.1, -0.05) is 44.8 Å². The molecule has 0 spiro atoms. The van der Waals surface area contributed by atoms with Gasteiger partial charge < -0.3 is 10.8 Å². The van der Waals surface area contributed by atoms with Gasteiger partial charge in [0.25, 0.3) is 0 Å². The fourth-order valence-electron chi connectivity index (χ4n) is 1.69. The third-order valence-electron chi connectivity index (χ3n) is 2.88. The number of rotatable bonds is 10. The number of hydrogen-bond donors (Lipinski definition) is 2. The molecule has 0 saturated carbocycles. The van der Waals surface area contributed by atoms with Crippen LogP contribution in [-0.2, 0) is 0 Å². The molecule has 2 atom stereocenters. The maximum Gasteiger partial charge on any atom is 0.0688 e. The van der Waals surface area contributed by atoms with Crippen molar-refractivity contribution in [1.29, 1.82) is 0 Å². The molecule has 0 aromatic rings. The van der Waals surface area contributed by atoms with Crippen LogP contribution in [0.3, 0.4) is 0 Å². The van der Waals surface area contributed by atoms with Crippen molar-refractivity contribution in [3.05, 3.63) is 12.2 Å². The Morgan fingerprint density at radius 3 is 2.31 bits per heavy atom. The van der Waals surface area contributed by atoms with Crippen LogP contribution in [0.4, 0.5) is 0 Å². The lowest BCUT2D eigenvalue weighted by Crippen LogP contribution is -2.31. The van der Waals surface area contributed by atoms with E-state index in [0.29, 0.717) is 0 Å². The van der Waals surface area contributed by atoms with E-state index in [1.807, 2.05) is 6.92 Å². The molecular weight excluding hydrogens is 198 g/mol. The summed E-state index contributed by atoms with van der Waals surface area (Å²) in [5, 5.41) is 9.49. The lowest BCUT2D eigenvalue weighted by molar-refractivity contribution is 0.138. The predicted octanol–water partition coefficient (Wildman–Crippen LogP) is 3.39. The Morgan fingerprint density at radius 2 is 1.69 bits per heavy atom. The number of hydrogen-bond acceptors (Lipinski definition) is 2. The number of aliphatic hydroxyl groups is 1. The zero-order valence-corrected chi connectivity index (χ0v) is 11.0. The van der Waals surface area contributed by atoms with E-state index in [9.17, 15) is 5.11 Å². The quantitative estimate of drug-likeness (QED) is 0.444. The SMILES string of the molecule is CC/C=C/CCCCCCC[C@H](O)[C@@H](C)N. The first-order chi connectivity index (χ1) is 7.68. The molecule has 0 heterocycles. The molecule has 16 heavy (non-hydrogen) atoms. The maximum atomic E-state index is 9.49. The molecule has 0 unspecified atom stereocenters. The van der Waals surface area contributed by atoms with Gasteiger partial charge in [-0.25, -0.2) is 0 Å². The van der Waals surface area contributed by atoms with Gasteiger partial charge in [-0.3, -0.25) is 0 Å². The van der Waals surface area contributed by atoms with Gasteiger partial charge in [0.15, 0.2) is 0 Å². The van der Waals surface area contributed by atoms with Gasteiger partial charge in [-0.05, 0) is 32.6 Å². The van der Waals surface area contributed by atoms with Crippen LogP contribution in [0, 0.1) is 0 Å². The Labute approximate surface area is 101 Å². The van der Waals surface area contributed by atoms with Crippen LogP contribution in [0.25, 0.3) is 0 Å². The first kappa shape index (κ1) is 15.7. The normalized spacial score (nSPS) is 15.5. The fraction of sp³-hybridized carbons (Fsp3) is 0.857. The molecule has 3 N–H and O–H groups in total. The van der Waals surface area contributed by atoms with Crippen LogP contribution in [0.1, 0.15) is 65.2 Å². The van der Waals surface area contributed by atoms with Crippen LogP contribution >= 0.6 is 0 Å². The van der Waals surface area contributed by atoms with Crippen molar-refractivity contribution in [2.75, 3.05) is 0 Å². The van der Waals surface area contributed by atoms with Crippen molar-refractivity contribution in [3.8, 4) is 0 Å². The molecule has 0 aliphatic rings. The van der Waals surface area contributed by atoms with E-state index >= 15 is 0 Å². The van der Waals surface area contributed by atoms with Crippen molar-refractivity contribution in [3.63, 3.8) is 0 Å². The summed E-state index contributed by atoms with van der Waals surface area (Å²) in [6, 6.07) is -0.0841. The number of aliphatic hydroxyl groups excluding tert-OH is 1. The van der Waals surface area contributed by atoms with E-state index in [2.05, 4.69) is 19.1 Å². The lowest BCUT2D eigenvalue weighted by atomic mass is 10.0. The Hall–Kier alpha value is -0.340. The molecule has 0 aromatic carbocycles. The van der Waals surface area contributed by atoms with Crippen molar-refractivity contribution < 1.29 is 5.11 Å². The molecule has 2 heteroatoms. The number of nitrogens with two attached hydrogens (primary N) is 1. The van der Waals surface area contributed by atoms with Gasteiger partial charge in [-0.15, -0.1) is 0 Å². The highest BCUT2D eigenvalue weighted by Crippen LogP contribution is 2.10. The monoisotopic (exact) mass is 227 g/mol. The minimum atomic E-state index is -0.313. The smallest absolute Gasteiger partial charge is 0.0688 e. The summed E-state index contributed by atoms with van der Waals surface area (Å²) in [5.74, 6) is 0. The predicted molar refractivity (Wildman–Crippen MR) is 71.4 cm³/mol. The molecule has 0 fully saturated rings. The van der Waals surface area contributed by atoms with E-state index < -0.39 is 0 Å². The Balaban J connectivity index is 3.12. The summed E-state index contributed by atoms with van der Waals surface area (Å²) in [4.78, 5) is 0. The number of allylic oxidation sites excluding steroid dienone is 2. The highest BCUT2D eigenvalue weighted by Gasteiger charge is 2.07. The Morgan fingerprint density at radius 1 is 1.06 bits per heavy atom. The highest BCUT2D eigenvalue weighted by molar-refractivity contribution is 4.79. The molecule has 0 saturated heterocycles. The maximum absolute atomic E-state index is 9.49. The van der Waals surface area contributed by atoms with E-state index in [0.717, 1.165) is 19.3 Å². The standard InChI is InChI=1S/C14H29NO/c1-3-4-5-6-7-8-9-10-11-12-14(16)13(2)15/h4-5,13-14,16H,3,6-12,15H2,1-2H3/b5-4+/t13-,14+/m1/s1. The molecule has 96 valence electrons. The second-order valence-corrected chi connectivity index (χ2v) is 4.65. The second kappa shape index (κ2) is 11.2. The molecule has 0 rings (SSSR count). The zero-order chi connectivity index (χ0) is 12.2. The topological polar surface area (TPSA) is 46.2 Å². The minimum Gasteiger partial charge on any atom is -0.392 e. The third kappa shape index (κ3) is 10.2. The van der Waals surface area contributed by atoms with Gasteiger partial charge in [0.05, 0.1) is 6.10 Å². The van der Waals surface area contributed by atoms with Gasteiger partial charge in [0.1, 0.15) is 0 Å². The molecule has 0 radical (unpaired) electrons. The molecule has 0 amide bonds. The third-order valence-corrected chi connectivity index (χ3v) is 2.88. The van der Waals surface area contributed by atoms with Crippen LogP contribution < -0.4 is 5.73 Å². The molecule has 0 aromatic heterocycles. The van der Waals surface area contributed by atoms with Crippen LogP contribution in [0.5, 0.6) is 0 Å². The average Bonchev–Trinajstić information content (AvgIpc) is 2.26. The molecule has 0 aliphatic carbocycles. The largest absolute Gasteiger partial charge is 0.392 e. The van der Waals surface area contributed by atoms with Gasteiger partial charge in [0.2, 0.25) is 0 Å². The summed E-state index contributed by atoms with van der Waals surface area (Å²) < 4.78 is 0. The summed E-state index contributed by atoms with van der Waals surface area (Å²) in [7, 11) is 0. The zero-order valence-electron chi connectivity index (χ0n) is 11.0. The van der Waals surface area contributed by atoms with E-state index in [1.54, 1.807) is 0 Å². The lowest BCUT2D eigenvalue weighted by Gasteiger charge is -2.13. The summed E-state index contributed by atoms with van der Waals surface area (Å²) >= 11 is 0. The average molecular weight is 227 g/mol. The van der Waals surface area contributed by atoms with E-state index in [4.69, 9.17) is 5.73 Å². The first-order valence-electron chi connectivity index (χ1n) is 6.77. The molecule has 0 aliphatic heterocycles. The second-order valence-electron chi connectivity index (χ2n) is 4.65. The van der Waals surface area contributed by atoms with Crippen LogP contribution in [0.2, 0.25) is 0 Å². The summed E-state index contributed by atoms with van der Waals surface area (Å²) in [6.45, 7) is 4.03. The van der Waals surface area contributed by atoms with E-state index in [-0.39, 0.29) is 12.1 Å². The van der Waals surface area contributed by atoms with Crippen molar-refractivity contribution in [2.45, 2.75) is 77.4 Å².